The fourth-order valence-electron chi connectivity index (χ4n) is 2.61. The van der Waals surface area contributed by atoms with Gasteiger partial charge in [0, 0.05) is 11.8 Å². The highest BCUT2D eigenvalue weighted by molar-refractivity contribution is 5.28. The van der Waals surface area contributed by atoms with Gasteiger partial charge in [-0.3, -0.25) is 0 Å². The molecule has 1 aliphatic carbocycles. The Kier molecular flexibility index (Phi) is 1.65. The summed E-state index contributed by atoms with van der Waals surface area (Å²) in [5.74, 6) is 0.862. The van der Waals surface area contributed by atoms with Crippen molar-refractivity contribution >= 4 is 0 Å². The second-order valence-electron chi connectivity index (χ2n) is 4.28. The van der Waals surface area contributed by atoms with Crippen LogP contribution in [0.3, 0.4) is 0 Å². The molecule has 0 saturated heterocycles. The van der Waals surface area contributed by atoms with Gasteiger partial charge in [0.25, 0.3) is 0 Å². The summed E-state index contributed by atoms with van der Waals surface area (Å²) >= 11 is 0. The summed E-state index contributed by atoms with van der Waals surface area (Å²) in [5.41, 5.74) is 2.32. The van der Waals surface area contributed by atoms with Crippen LogP contribution in [-0.4, -0.2) is 9.97 Å². The van der Waals surface area contributed by atoms with E-state index in [0.29, 0.717) is 6.61 Å². The van der Waals surface area contributed by atoms with Gasteiger partial charge in [-0.15, -0.1) is 0 Å². The molecule has 2 heterocycles. The summed E-state index contributed by atoms with van der Waals surface area (Å²) in [6.07, 6.45) is 6.72. The van der Waals surface area contributed by atoms with Crippen molar-refractivity contribution in [2.75, 3.05) is 0 Å². The molecule has 3 nitrogen and oxygen atoms in total. The largest absolute Gasteiger partial charge is 0.364 e. The van der Waals surface area contributed by atoms with E-state index in [2.05, 4.69) is 9.97 Å². The van der Waals surface area contributed by atoms with Crippen LogP contribution in [0.2, 0.25) is 0 Å². The summed E-state index contributed by atoms with van der Waals surface area (Å²) in [6, 6.07) is 0. The molecule has 1 aliphatic heterocycles. The van der Waals surface area contributed by atoms with Gasteiger partial charge < -0.3 is 4.74 Å². The standard InChI is InChI=1S/C11H14N2O/c1-8-12-6-9-7-14-11(10(9)13-8)4-2-3-5-11/h6H,2-5,7H2,1H3. The predicted molar refractivity (Wildman–Crippen MR) is 51.7 cm³/mol. The number of fused-ring (bicyclic) bond motifs is 2. The van der Waals surface area contributed by atoms with E-state index in [4.69, 9.17) is 4.74 Å². The Labute approximate surface area is 83.5 Å². The van der Waals surface area contributed by atoms with Gasteiger partial charge in [0.15, 0.2) is 0 Å². The smallest absolute Gasteiger partial charge is 0.125 e. The molecular weight excluding hydrogens is 176 g/mol. The molecule has 2 aliphatic rings. The molecular formula is C11H14N2O. The van der Waals surface area contributed by atoms with E-state index in [-0.39, 0.29) is 5.60 Å². The normalized spacial score (nSPS) is 22.9. The van der Waals surface area contributed by atoms with Crippen molar-refractivity contribution < 1.29 is 4.74 Å². The molecule has 0 amide bonds. The second-order valence-corrected chi connectivity index (χ2v) is 4.28. The monoisotopic (exact) mass is 190 g/mol. The SMILES string of the molecule is Cc1ncc2c(n1)C1(CCCC1)OC2. The maximum absolute atomic E-state index is 5.92. The predicted octanol–water partition coefficient (Wildman–Crippen LogP) is 2.08. The average molecular weight is 190 g/mol. The second kappa shape index (κ2) is 2.76. The van der Waals surface area contributed by atoms with Crippen molar-refractivity contribution in [2.24, 2.45) is 0 Å². The first kappa shape index (κ1) is 8.36. The van der Waals surface area contributed by atoms with Crippen LogP contribution in [0.4, 0.5) is 0 Å². The molecule has 0 N–H and O–H groups in total. The number of hydrogen-bond acceptors (Lipinski definition) is 3. The quantitative estimate of drug-likeness (QED) is 0.628. The molecule has 1 aromatic heterocycles. The van der Waals surface area contributed by atoms with Crippen LogP contribution >= 0.6 is 0 Å². The molecule has 0 aromatic carbocycles. The Balaban J connectivity index is 2.12. The van der Waals surface area contributed by atoms with Gasteiger partial charge in [0.1, 0.15) is 11.4 Å². The van der Waals surface area contributed by atoms with Crippen molar-refractivity contribution in [1.29, 1.82) is 0 Å². The summed E-state index contributed by atoms with van der Waals surface area (Å²) in [6.45, 7) is 2.65. The van der Waals surface area contributed by atoms with Crippen molar-refractivity contribution in [2.45, 2.75) is 44.8 Å². The zero-order valence-electron chi connectivity index (χ0n) is 8.42. The van der Waals surface area contributed by atoms with Crippen LogP contribution < -0.4 is 0 Å². The fourth-order valence-corrected chi connectivity index (χ4v) is 2.61. The maximum atomic E-state index is 5.92. The lowest BCUT2D eigenvalue weighted by Gasteiger charge is -2.22. The summed E-state index contributed by atoms with van der Waals surface area (Å²) in [5, 5.41) is 0. The molecule has 0 radical (unpaired) electrons. The Morgan fingerprint density at radius 1 is 1.36 bits per heavy atom. The van der Waals surface area contributed by atoms with Crippen LogP contribution in [0.25, 0.3) is 0 Å². The minimum atomic E-state index is -0.0387. The molecule has 1 aromatic rings. The highest BCUT2D eigenvalue weighted by Gasteiger charge is 2.43. The van der Waals surface area contributed by atoms with Gasteiger partial charge in [-0.25, -0.2) is 9.97 Å². The zero-order valence-corrected chi connectivity index (χ0v) is 8.42. The van der Waals surface area contributed by atoms with Gasteiger partial charge >= 0.3 is 0 Å². The molecule has 1 spiro atoms. The van der Waals surface area contributed by atoms with E-state index in [1.807, 2.05) is 13.1 Å². The minimum absolute atomic E-state index is 0.0387. The number of rotatable bonds is 0. The van der Waals surface area contributed by atoms with Crippen molar-refractivity contribution in [3.05, 3.63) is 23.3 Å². The van der Waals surface area contributed by atoms with E-state index in [0.717, 1.165) is 18.7 Å². The molecule has 0 unspecified atom stereocenters. The van der Waals surface area contributed by atoms with E-state index in [1.54, 1.807) is 0 Å². The van der Waals surface area contributed by atoms with Crippen LogP contribution in [0.5, 0.6) is 0 Å². The Bertz CT molecular complexity index is 370. The van der Waals surface area contributed by atoms with Crippen molar-refractivity contribution in [3.8, 4) is 0 Å². The lowest BCUT2D eigenvalue weighted by atomic mass is 9.97. The van der Waals surface area contributed by atoms with Gasteiger partial charge in [-0.1, -0.05) is 12.8 Å². The van der Waals surface area contributed by atoms with E-state index < -0.39 is 0 Å². The molecule has 3 heteroatoms. The van der Waals surface area contributed by atoms with E-state index >= 15 is 0 Å². The lowest BCUT2D eigenvalue weighted by Crippen LogP contribution is -2.22. The van der Waals surface area contributed by atoms with E-state index in [1.165, 1.54) is 24.1 Å². The molecule has 1 fully saturated rings. The minimum Gasteiger partial charge on any atom is -0.364 e. The number of hydrogen-bond donors (Lipinski definition) is 0. The molecule has 0 atom stereocenters. The Morgan fingerprint density at radius 3 is 2.93 bits per heavy atom. The molecule has 0 bridgehead atoms. The zero-order chi connectivity index (χ0) is 9.60. The number of aryl methyl sites for hydroxylation is 1. The summed E-state index contributed by atoms with van der Waals surface area (Å²) in [7, 11) is 0. The van der Waals surface area contributed by atoms with Crippen LogP contribution in [0.1, 0.15) is 42.8 Å². The molecule has 14 heavy (non-hydrogen) atoms. The lowest BCUT2D eigenvalue weighted by molar-refractivity contribution is -0.0347. The highest BCUT2D eigenvalue weighted by atomic mass is 16.5. The van der Waals surface area contributed by atoms with Crippen LogP contribution in [0.15, 0.2) is 6.20 Å². The van der Waals surface area contributed by atoms with Crippen LogP contribution in [0, 0.1) is 6.92 Å². The number of nitrogens with zero attached hydrogens (tertiary/aromatic N) is 2. The third-order valence-corrected chi connectivity index (χ3v) is 3.33. The van der Waals surface area contributed by atoms with E-state index in [9.17, 15) is 0 Å². The first-order chi connectivity index (χ1) is 6.80. The van der Waals surface area contributed by atoms with Gasteiger partial charge in [-0.05, 0) is 19.8 Å². The fraction of sp³-hybridized carbons (Fsp3) is 0.636. The molecule has 1 saturated carbocycles. The Morgan fingerprint density at radius 2 is 2.14 bits per heavy atom. The third kappa shape index (κ3) is 1.02. The number of aromatic nitrogens is 2. The first-order valence-electron chi connectivity index (χ1n) is 5.27. The van der Waals surface area contributed by atoms with Gasteiger partial charge in [-0.2, -0.15) is 0 Å². The van der Waals surface area contributed by atoms with Crippen molar-refractivity contribution in [3.63, 3.8) is 0 Å². The average Bonchev–Trinajstić information content (AvgIpc) is 2.77. The third-order valence-electron chi connectivity index (χ3n) is 3.33. The molecule has 3 rings (SSSR count). The number of ether oxygens (including phenoxy) is 1. The highest BCUT2D eigenvalue weighted by Crippen LogP contribution is 2.46. The molecule has 74 valence electrons. The maximum Gasteiger partial charge on any atom is 0.125 e. The van der Waals surface area contributed by atoms with Crippen LogP contribution in [-0.2, 0) is 16.9 Å². The first-order valence-corrected chi connectivity index (χ1v) is 5.27. The summed E-state index contributed by atoms with van der Waals surface area (Å²) in [4.78, 5) is 8.77. The van der Waals surface area contributed by atoms with Crippen molar-refractivity contribution in [1.82, 2.24) is 9.97 Å². The van der Waals surface area contributed by atoms with Gasteiger partial charge in [0.05, 0.1) is 12.3 Å². The van der Waals surface area contributed by atoms with Gasteiger partial charge in [0.2, 0.25) is 0 Å². The topological polar surface area (TPSA) is 35.0 Å². The summed E-state index contributed by atoms with van der Waals surface area (Å²) < 4.78 is 5.92. The Hall–Kier alpha value is -0.960.